The van der Waals surface area contributed by atoms with Crippen molar-refractivity contribution in [3.63, 3.8) is 0 Å². The van der Waals surface area contributed by atoms with Crippen LogP contribution in [0.15, 0.2) is 6.07 Å². The minimum Gasteiger partial charge on any atom is -0.396 e. The molecule has 3 heterocycles. The number of aryl methyl sites for hydroxylation is 1. The van der Waals surface area contributed by atoms with E-state index in [-0.39, 0.29) is 6.61 Å². The molecule has 1 unspecified atom stereocenters. The van der Waals surface area contributed by atoms with Crippen LogP contribution in [0, 0.1) is 5.92 Å². The molecule has 1 aliphatic rings. The maximum atomic E-state index is 9.38. The van der Waals surface area contributed by atoms with Crippen molar-refractivity contribution < 1.29 is 5.11 Å². The molecule has 0 saturated carbocycles. The number of anilines is 2. The number of hydrogen-bond acceptors (Lipinski definition) is 6. The van der Waals surface area contributed by atoms with E-state index in [1.807, 2.05) is 0 Å². The molecule has 1 saturated heterocycles. The van der Waals surface area contributed by atoms with E-state index in [0.717, 1.165) is 48.4 Å². The van der Waals surface area contributed by atoms with Crippen LogP contribution in [0.25, 0.3) is 10.2 Å². The van der Waals surface area contributed by atoms with Crippen molar-refractivity contribution in [3.8, 4) is 0 Å². The fraction of sp³-hybridized carbons (Fsp3) is 0.571. The maximum absolute atomic E-state index is 9.38. The molecule has 108 valence electrons. The van der Waals surface area contributed by atoms with Gasteiger partial charge >= 0.3 is 0 Å². The minimum atomic E-state index is 0.240. The zero-order valence-corrected chi connectivity index (χ0v) is 12.5. The van der Waals surface area contributed by atoms with E-state index >= 15 is 0 Å². The number of fused-ring (bicyclic) bond motifs is 1. The van der Waals surface area contributed by atoms with Crippen LogP contribution in [-0.4, -0.2) is 34.8 Å². The molecule has 0 radical (unpaired) electrons. The van der Waals surface area contributed by atoms with Crippen LogP contribution < -0.4 is 10.6 Å². The smallest absolute Gasteiger partial charge is 0.223 e. The fourth-order valence-electron chi connectivity index (χ4n) is 2.79. The van der Waals surface area contributed by atoms with E-state index in [9.17, 15) is 5.11 Å². The van der Waals surface area contributed by atoms with Gasteiger partial charge in [0.1, 0.15) is 10.6 Å². The number of piperidine rings is 1. The Balaban J connectivity index is 2.03. The summed E-state index contributed by atoms with van der Waals surface area (Å²) in [7, 11) is 0. The Labute approximate surface area is 122 Å². The third kappa shape index (κ3) is 2.45. The summed E-state index contributed by atoms with van der Waals surface area (Å²) < 4.78 is 0. The number of rotatable bonds is 3. The summed E-state index contributed by atoms with van der Waals surface area (Å²) in [6, 6.07) is 2.18. The lowest BCUT2D eigenvalue weighted by atomic mass is 9.99. The van der Waals surface area contributed by atoms with E-state index in [1.165, 1.54) is 4.88 Å². The molecule has 0 aliphatic carbocycles. The Kier molecular flexibility index (Phi) is 3.76. The highest BCUT2D eigenvalue weighted by Gasteiger charge is 2.23. The van der Waals surface area contributed by atoms with Crippen LogP contribution in [0.4, 0.5) is 11.8 Å². The molecule has 0 amide bonds. The van der Waals surface area contributed by atoms with Gasteiger partial charge in [0.2, 0.25) is 5.95 Å². The van der Waals surface area contributed by atoms with Crippen LogP contribution in [0.3, 0.4) is 0 Å². The topological polar surface area (TPSA) is 75.3 Å². The third-order valence-electron chi connectivity index (χ3n) is 3.87. The minimum absolute atomic E-state index is 0.240. The highest BCUT2D eigenvalue weighted by molar-refractivity contribution is 7.18. The Morgan fingerprint density at radius 2 is 2.35 bits per heavy atom. The van der Waals surface area contributed by atoms with E-state index in [1.54, 1.807) is 11.3 Å². The molecule has 3 N–H and O–H groups in total. The normalized spacial score (nSPS) is 19.7. The number of hydrogen-bond donors (Lipinski definition) is 2. The first-order chi connectivity index (χ1) is 9.71. The molecule has 3 rings (SSSR count). The zero-order chi connectivity index (χ0) is 14.1. The number of aromatic nitrogens is 2. The van der Waals surface area contributed by atoms with Gasteiger partial charge in [-0.25, -0.2) is 4.98 Å². The van der Waals surface area contributed by atoms with Gasteiger partial charge in [0, 0.05) is 24.6 Å². The number of nitrogens with zero attached hydrogens (tertiary/aromatic N) is 3. The molecule has 5 nitrogen and oxygen atoms in total. The lowest BCUT2D eigenvalue weighted by Crippen LogP contribution is -2.37. The second-order valence-electron chi connectivity index (χ2n) is 5.33. The van der Waals surface area contributed by atoms with Crippen LogP contribution in [0.5, 0.6) is 0 Å². The number of aliphatic hydroxyl groups excluding tert-OH is 1. The van der Waals surface area contributed by atoms with Crippen molar-refractivity contribution in [2.75, 3.05) is 30.3 Å². The van der Waals surface area contributed by atoms with Crippen LogP contribution in [0.2, 0.25) is 0 Å². The van der Waals surface area contributed by atoms with Gasteiger partial charge in [0.25, 0.3) is 0 Å². The zero-order valence-electron chi connectivity index (χ0n) is 11.7. The quantitative estimate of drug-likeness (QED) is 0.905. The van der Waals surface area contributed by atoms with Gasteiger partial charge in [-0.2, -0.15) is 4.98 Å². The number of aliphatic hydroxyl groups is 1. The van der Waals surface area contributed by atoms with Gasteiger partial charge in [-0.1, -0.05) is 6.92 Å². The molecule has 6 heteroatoms. The first-order valence-electron chi connectivity index (χ1n) is 7.13. The molecular formula is C14H20N4OS. The van der Waals surface area contributed by atoms with E-state index in [2.05, 4.69) is 27.9 Å². The maximum Gasteiger partial charge on any atom is 0.223 e. The van der Waals surface area contributed by atoms with Gasteiger partial charge in [-0.15, -0.1) is 11.3 Å². The van der Waals surface area contributed by atoms with Crippen LogP contribution in [0.1, 0.15) is 24.6 Å². The van der Waals surface area contributed by atoms with Crippen LogP contribution in [-0.2, 0) is 6.42 Å². The average Bonchev–Trinajstić information content (AvgIpc) is 2.89. The fourth-order valence-corrected chi connectivity index (χ4v) is 3.76. The number of thiophene rings is 1. The van der Waals surface area contributed by atoms with Crippen molar-refractivity contribution >= 4 is 33.3 Å². The van der Waals surface area contributed by atoms with Gasteiger partial charge in [-0.3, -0.25) is 0 Å². The van der Waals surface area contributed by atoms with E-state index in [4.69, 9.17) is 5.73 Å². The molecule has 2 aromatic rings. The van der Waals surface area contributed by atoms with E-state index in [0.29, 0.717) is 11.9 Å². The largest absolute Gasteiger partial charge is 0.396 e. The van der Waals surface area contributed by atoms with Gasteiger partial charge < -0.3 is 15.7 Å². The van der Waals surface area contributed by atoms with E-state index < -0.39 is 0 Å². The van der Waals surface area contributed by atoms with Crippen molar-refractivity contribution in [2.24, 2.45) is 5.92 Å². The molecule has 0 bridgehead atoms. The van der Waals surface area contributed by atoms with Crippen molar-refractivity contribution in [3.05, 3.63) is 10.9 Å². The standard InChI is InChI=1S/C14H20N4OS/c1-2-10-6-11-12(16-14(15)17-13(11)20-10)18-5-3-4-9(7-18)8-19/h6,9,19H,2-5,7-8H2,1H3,(H2,15,16,17). The monoisotopic (exact) mass is 292 g/mol. The summed E-state index contributed by atoms with van der Waals surface area (Å²) in [5, 5.41) is 10.5. The predicted octanol–water partition coefficient (Wildman–Crippen LogP) is 2.04. The summed E-state index contributed by atoms with van der Waals surface area (Å²) >= 11 is 1.69. The third-order valence-corrected chi connectivity index (χ3v) is 5.04. The molecule has 1 aliphatic heterocycles. The number of nitrogens with two attached hydrogens (primary N) is 1. The van der Waals surface area contributed by atoms with Crippen molar-refractivity contribution in [1.29, 1.82) is 0 Å². The SMILES string of the molecule is CCc1cc2c(N3CCCC(CO)C3)nc(N)nc2s1. The Hall–Kier alpha value is -1.40. The summed E-state index contributed by atoms with van der Waals surface area (Å²) in [4.78, 5) is 13.3. The average molecular weight is 292 g/mol. The molecular weight excluding hydrogens is 272 g/mol. The molecule has 0 aromatic carbocycles. The lowest BCUT2D eigenvalue weighted by Gasteiger charge is -2.33. The molecule has 20 heavy (non-hydrogen) atoms. The summed E-state index contributed by atoms with van der Waals surface area (Å²) in [6.45, 7) is 4.20. The summed E-state index contributed by atoms with van der Waals surface area (Å²) in [5.41, 5.74) is 5.86. The summed E-state index contributed by atoms with van der Waals surface area (Å²) in [5.74, 6) is 1.60. The Bertz CT molecular complexity index is 612. The highest BCUT2D eigenvalue weighted by atomic mass is 32.1. The van der Waals surface area contributed by atoms with Crippen molar-refractivity contribution in [2.45, 2.75) is 26.2 Å². The van der Waals surface area contributed by atoms with Crippen LogP contribution >= 0.6 is 11.3 Å². The lowest BCUT2D eigenvalue weighted by molar-refractivity contribution is 0.208. The van der Waals surface area contributed by atoms with Gasteiger partial charge in [0.15, 0.2) is 0 Å². The Morgan fingerprint density at radius 1 is 1.50 bits per heavy atom. The summed E-state index contributed by atoms with van der Waals surface area (Å²) in [6.07, 6.45) is 3.17. The molecule has 0 spiro atoms. The first-order valence-corrected chi connectivity index (χ1v) is 7.94. The van der Waals surface area contributed by atoms with Crippen molar-refractivity contribution in [1.82, 2.24) is 9.97 Å². The Morgan fingerprint density at radius 3 is 3.10 bits per heavy atom. The number of nitrogen functional groups attached to an aromatic ring is 1. The second kappa shape index (κ2) is 5.54. The molecule has 1 fully saturated rings. The first kappa shape index (κ1) is 13.6. The second-order valence-corrected chi connectivity index (χ2v) is 6.44. The highest BCUT2D eigenvalue weighted by Crippen LogP contribution is 2.33. The molecule has 2 aromatic heterocycles. The molecule has 1 atom stereocenters. The predicted molar refractivity (Wildman–Crippen MR) is 83.2 cm³/mol. The van der Waals surface area contributed by atoms with Gasteiger partial charge in [0.05, 0.1) is 5.39 Å². The van der Waals surface area contributed by atoms with Gasteiger partial charge in [-0.05, 0) is 31.2 Å².